The number of likely N-dealkylation sites (tertiary alicyclic amines) is 1. The van der Waals surface area contributed by atoms with Crippen molar-refractivity contribution in [3.8, 4) is 0 Å². The van der Waals surface area contributed by atoms with Crippen molar-refractivity contribution in [1.29, 1.82) is 0 Å². The van der Waals surface area contributed by atoms with Gasteiger partial charge in [-0.25, -0.2) is 4.79 Å². The van der Waals surface area contributed by atoms with E-state index in [1.165, 1.54) is 11.8 Å². The Kier molecular flexibility index (Phi) is 10.5. The summed E-state index contributed by atoms with van der Waals surface area (Å²) >= 11 is 0. The molecular formula is C20H34N4O8. The molecule has 12 heteroatoms. The van der Waals surface area contributed by atoms with Gasteiger partial charge in [-0.3, -0.25) is 19.2 Å². The Morgan fingerprint density at radius 2 is 1.66 bits per heavy atom. The van der Waals surface area contributed by atoms with Crippen LogP contribution in [0.25, 0.3) is 0 Å². The lowest BCUT2D eigenvalue weighted by atomic mass is 9.96. The fourth-order valence-corrected chi connectivity index (χ4v) is 3.47. The van der Waals surface area contributed by atoms with Crippen molar-refractivity contribution in [3.63, 3.8) is 0 Å². The maximum absolute atomic E-state index is 13.1. The molecule has 1 heterocycles. The first kappa shape index (κ1) is 27.3. The molecule has 182 valence electrons. The number of nitrogens with two attached hydrogens (primary N) is 1. The third-order valence-corrected chi connectivity index (χ3v) is 5.67. The largest absolute Gasteiger partial charge is 0.481 e. The van der Waals surface area contributed by atoms with E-state index in [-0.39, 0.29) is 25.3 Å². The molecular weight excluding hydrogens is 424 g/mol. The Morgan fingerprint density at radius 3 is 2.16 bits per heavy atom. The Labute approximate surface area is 186 Å². The minimum absolute atomic E-state index is 0.158. The van der Waals surface area contributed by atoms with E-state index in [1.54, 1.807) is 6.92 Å². The molecule has 0 aromatic rings. The number of aliphatic carboxylic acids is 2. The van der Waals surface area contributed by atoms with E-state index in [0.717, 1.165) is 0 Å². The van der Waals surface area contributed by atoms with Gasteiger partial charge >= 0.3 is 11.9 Å². The molecule has 0 aromatic heterocycles. The van der Waals surface area contributed by atoms with E-state index in [9.17, 15) is 34.2 Å². The fourth-order valence-electron chi connectivity index (χ4n) is 3.47. The molecule has 0 spiro atoms. The molecule has 1 aliphatic heterocycles. The van der Waals surface area contributed by atoms with Gasteiger partial charge in [0, 0.05) is 13.0 Å². The predicted octanol–water partition coefficient (Wildman–Crippen LogP) is -1.35. The number of hydrogen-bond acceptors (Lipinski definition) is 7. The summed E-state index contributed by atoms with van der Waals surface area (Å²) in [5, 5.41) is 32.9. The molecule has 0 aliphatic carbocycles. The highest BCUT2D eigenvalue weighted by molar-refractivity contribution is 5.94. The molecule has 1 rings (SSSR count). The average Bonchev–Trinajstić information content (AvgIpc) is 3.22. The van der Waals surface area contributed by atoms with Crippen LogP contribution in [0.3, 0.4) is 0 Å². The predicted molar refractivity (Wildman–Crippen MR) is 112 cm³/mol. The number of nitrogens with one attached hydrogen (secondary N) is 2. The summed E-state index contributed by atoms with van der Waals surface area (Å²) in [6.07, 6.45) is -0.474. The summed E-state index contributed by atoms with van der Waals surface area (Å²) in [7, 11) is 0. The normalized spacial score (nSPS) is 20.5. The fraction of sp³-hybridized carbons (Fsp3) is 0.750. The molecule has 0 bridgehead atoms. The molecule has 32 heavy (non-hydrogen) atoms. The van der Waals surface area contributed by atoms with Gasteiger partial charge in [-0.1, -0.05) is 20.3 Å². The molecule has 1 saturated heterocycles. The zero-order valence-electron chi connectivity index (χ0n) is 18.6. The number of aliphatic hydroxyl groups excluding tert-OH is 1. The van der Waals surface area contributed by atoms with E-state index < -0.39 is 59.9 Å². The van der Waals surface area contributed by atoms with Crippen LogP contribution < -0.4 is 16.4 Å². The van der Waals surface area contributed by atoms with Crippen LogP contribution in [0.5, 0.6) is 0 Å². The van der Waals surface area contributed by atoms with Gasteiger partial charge in [-0.05, 0) is 32.1 Å². The lowest BCUT2D eigenvalue weighted by Gasteiger charge is -2.32. The van der Waals surface area contributed by atoms with Gasteiger partial charge < -0.3 is 36.6 Å². The van der Waals surface area contributed by atoms with Crippen LogP contribution >= 0.6 is 0 Å². The van der Waals surface area contributed by atoms with Gasteiger partial charge in [-0.2, -0.15) is 0 Å². The van der Waals surface area contributed by atoms with Crippen LogP contribution in [0.4, 0.5) is 0 Å². The summed E-state index contributed by atoms with van der Waals surface area (Å²) in [6.45, 7) is 5.07. The van der Waals surface area contributed by atoms with Crippen molar-refractivity contribution >= 4 is 29.7 Å². The van der Waals surface area contributed by atoms with Crippen LogP contribution in [0, 0.1) is 5.92 Å². The lowest BCUT2D eigenvalue weighted by Crippen LogP contribution is -2.61. The number of rotatable bonds is 12. The Morgan fingerprint density at radius 1 is 1.06 bits per heavy atom. The summed E-state index contributed by atoms with van der Waals surface area (Å²) in [6, 6.07) is -4.66. The number of carbonyl (C=O) groups excluding carboxylic acids is 3. The molecule has 1 fully saturated rings. The van der Waals surface area contributed by atoms with Gasteiger partial charge in [0.2, 0.25) is 17.7 Å². The molecule has 6 unspecified atom stereocenters. The first-order valence-corrected chi connectivity index (χ1v) is 10.7. The average molecular weight is 459 g/mol. The summed E-state index contributed by atoms with van der Waals surface area (Å²) < 4.78 is 0. The van der Waals surface area contributed by atoms with Gasteiger partial charge in [-0.15, -0.1) is 0 Å². The molecule has 1 aliphatic rings. The standard InChI is InChI=1S/C20H34N4O8/c1-4-10(2)15(19(30)24-9-5-6-13(24)20(31)32)22-18(29)16(11(3)25)23-17(28)12(21)7-8-14(26)27/h10-13,15-16,25H,4-9,21H2,1-3H3,(H,22,29)(H,23,28)(H,26,27)(H,31,32). The maximum Gasteiger partial charge on any atom is 0.326 e. The second kappa shape index (κ2) is 12.3. The quantitative estimate of drug-likeness (QED) is 0.204. The second-order valence-corrected chi connectivity index (χ2v) is 8.17. The van der Waals surface area contributed by atoms with E-state index in [0.29, 0.717) is 19.3 Å². The Hall–Kier alpha value is -2.73. The summed E-state index contributed by atoms with van der Waals surface area (Å²) in [5.74, 6) is -4.77. The van der Waals surface area contributed by atoms with Gasteiger partial charge in [0.25, 0.3) is 0 Å². The Balaban J connectivity index is 2.96. The number of carbonyl (C=O) groups is 5. The maximum atomic E-state index is 13.1. The Bertz CT molecular complexity index is 714. The van der Waals surface area contributed by atoms with Crippen LogP contribution in [0.2, 0.25) is 0 Å². The van der Waals surface area contributed by atoms with E-state index in [2.05, 4.69) is 10.6 Å². The van der Waals surface area contributed by atoms with Crippen molar-refractivity contribution in [1.82, 2.24) is 15.5 Å². The van der Waals surface area contributed by atoms with Crippen LogP contribution in [0.1, 0.15) is 52.9 Å². The van der Waals surface area contributed by atoms with Crippen LogP contribution in [-0.4, -0.2) is 86.7 Å². The molecule has 0 saturated carbocycles. The highest BCUT2D eigenvalue weighted by atomic mass is 16.4. The number of carboxylic acids is 2. The topological polar surface area (TPSA) is 199 Å². The third-order valence-electron chi connectivity index (χ3n) is 5.67. The minimum atomic E-state index is -1.44. The summed E-state index contributed by atoms with van der Waals surface area (Å²) in [4.78, 5) is 61.6. The minimum Gasteiger partial charge on any atom is -0.481 e. The van der Waals surface area contributed by atoms with Gasteiger partial charge in [0.1, 0.15) is 18.1 Å². The second-order valence-electron chi connectivity index (χ2n) is 8.17. The zero-order valence-corrected chi connectivity index (χ0v) is 18.6. The molecule has 6 atom stereocenters. The van der Waals surface area contributed by atoms with Gasteiger partial charge in [0.15, 0.2) is 0 Å². The highest BCUT2D eigenvalue weighted by Gasteiger charge is 2.40. The number of amides is 3. The molecule has 3 amide bonds. The van der Waals surface area contributed by atoms with Crippen molar-refractivity contribution in [2.45, 2.75) is 83.1 Å². The van der Waals surface area contributed by atoms with Crippen molar-refractivity contribution in [2.24, 2.45) is 11.7 Å². The van der Waals surface area contributed by atoms with Crippen LogP contribution in [0.15, 0.2) is 0 Å². The molecule has 12 nitrogen and oxygen atoms in total. The monoisotopic (exact) mass is 458 g/mol. The van der Waals surface area contributed by atoms with E-state index in [1.807, 2.05) is 6.92 Å². The highest BCUT2D eigenvalue weighted by Crippen LogP contribution is 2.21. The lowest BCUT2D eigenvalue weighted by molar-refractivity contribution is -0.150. The first-order chi connectivity index (χ1) is 14.9. The number of hydrogen-bond donors (Lipinski definition) is 6. The van der Waals surface area contributed by atoms with Gasteiger partial charge in [0.05, 0.1) is 12.1 Å². The molecule has 0 radical (unpaired) electrons. The summed E-state index contributed by atoms with van der Waals surface area (Å²) in [5.41, 5.74) is 5.65. The van der Waals surface area contributed by atoms with Crippen molar-refractivity contribution in [2.75, 3.05) is 6.54 Å². The number of nitrogens with zero attached hydrogens (tertiary/aromatic N) is 1. The van der Waals surface area contributed by atoms with E-state index in [4.69, 9.17) is 10.8 Å². The molecule has 7 N–H and O–H groups in total. The van der Waals surface area contributed by atoms with E-state index >= 15 is 0 Å². The number of aliphatic hydroxyl groups is 1. The SMILES string of the molecule is CCC(C)C(NC(=O)C(NC(=O)C(N)CCC(=O)O)C(C)O)C(=O)N1CCCC1C(=O)O. The van der Waals surface area contributed by atoms with Crippen LogP contribution in [-0.2, 0) is 24.0 Å². The first-order valence-electron chi connectivity index (χ1n) is 10.7. The van der Waals surface area contributed by atoms with Crippen molar-refractivity contribution in [3.05, 3.63) is 0 Å². The third kappa shape index (κ3) is 7.45. The smallest absolute Gasteiger partial charge is 0.326 e. The number of carboxylic acid groups (broad SMARTS) is 2. The zero-order chi connectivity index (χ0) is 24.6. The molecule has 0 aromatic carbocycles. The van der Waals surface area contributed by atoms with Crippen molar-refractivity contribution < 1.29 is 39.3 Å².